The number of benzene rings is 4. The molecule has 54 heavy (non-hydrogen) atoms. The molecule has 0 N–H and O–H groups in total. The Hall–Kier alpha value is -6.26. The van der Waals surface area contributed by atoms with Crippen LogP contribution in [0.2, 0.25) is 0 Å². The number of allylic oxidation sites excluding steroid dienone is 7. The Morgan fingerprint density at radius 1 is 0.593 bits per heavy atom. The van der Waals surface area contributed by atoms with Crippen molar-refractivity contribution in [3.05, 3.63) is 192 Å². The van der Waals surface area contributed by atoms with Crippen LogP contribution in [0, 0.1) is 0 Å². The first-order chi connectivity index (χ1) is 26.6. The van der Waals surface area contributed by atoms with E-state index in [0.29, 0.717) is 0 Å². The molecule has 0 radical (unpaired) electrons. The van der Waals surface area contributed by atoms with E-state index in [4.69, 9.17) is 0 Å². The van der Waals surface area contributed by atoms with Gasteiger partial charge in [0.2, 0.25) is 16.7 Å². The number of aryl methyl sites for hydroxylation is 2. The van der Waals surface area contributed by atoms with Crippen molar-refractivity contribution in [2.75, 3.05) is 22.9 Å². The Morgan fingerprint density at radius 3 is 2.15 bits per heavy atom. The average Bonchev–Trinajstić information content (AvgIpc) is 3.23. The first-order valence-corrected chi connectivity index (χ1v) is 19.3. The molecule has 2 aromatic heterocycles. The third-order valence-electron chi connectivity index (χ3n) is 10.3. The van der Waals surface area contributed by atoms with E-state index in [1.165, 1.54) is 66.8 Å². The molecule has 0 saturated carbocycles. The Morgan fingerprint density at radius 2 is 1.33 bits per heavy atom. The zero-order chi connectivity index (χ0) is 37.3. The number of para-hydroxylation sites is 4. The van der Waals surface area contributed by atoms with Gasteiger partial charge in [0.15, 0.2) is 6.20 Å². The number of pyridine rings is 2. The van der Waals surface area contributed by atoms with Gasteiger partial charge in [-0.1, -0.05) is 91.0 Å². The summed E-state index contributed by atoms with van der Waals surface area (Å²) in [6, 6.07) is 40.9. The monoisotopic (exact) mass is 706 g/mol. The lowest BCUT2D eigenvalue weighted by Crippen LogP contribution is -2.36. The van der Waals surface area contributed by atoms with E-state index in [9.17, 15) is 0 Å². The minimum Gasteiger partial charge on any atom is -0.348 e. The van der Waals surface area contributed by atoms with Crippen molar-refractivity contribution in [3.8, 4) is 0 Å². The van der Waals surface area contributed by atoms with Gasteiger partial charge in [0, 0.05) is 77.7 Å². The summed E-state index contributed by atoms with van der Waals surface area (Å²) in [5.41, 5.74) is 12.6. The molecule has 0 spiro atoms. The summed E-state index contributed by atoms with van der Waals surface area (Å²) in [5, 5.41) is 2.56. The molecule has 0 aliphatic carbocycles. The van der Waals surface area contributed by atoms with Gasteiger partial charge in [-0.2, -0.15) is 9.13 Å². The smallest absolute Gasteiger partial charge is 0.213 e. The van der Waals surface area contributed by atoms with Crippen LogP contribution < -0.4 is 18.9 Å². The molecule has 4 nitrogen and oxygen atoms in total. The van der Waals surface area contributed by atoms with Crippen molar-refractivity contribution in [1.29, 1.82) is 0 Å². The number of rotatable bonds is 8. The molecule has 6 aromatic rings. The van der Waals surface area contributed by atoms with E-state index in [1.807, 2.05) is 0 Å². The predicted molar refractivity (Wildman–Crippen MR) is 231 cm³/mol. The lowest BCUT2D eigenvalue weighted by Gasteiger charge is -2.29. The molecule has 2 aliphatic rings. The van der Waals surface area contributed by atoms with E-state index >= 15 is 0 Å². The van der Waals surface area contributed by atoms with Crippen LogP contribution >= 0.6 is 0 Å². The second-order valence-electron chi connectivity index (χ2n) is 13.3. The van der Waals surface area contributed by atoms with Gasteiger partial charge in [-0.15, -0.1) is 0 Å². The molecule has 0 atom stereocenters. The summed E-state index contributed by atoms with van der Waals surface area (Å²) in [7, 11) is 0. The third-order valence-corrected chi connectivity index (χ3v) is 10.3. The van der Waals surface area contributed by atoms with Gasteiger partial charge in [-0.05, 0) is 93.0 Å². The second kappa shape index (κ2) is 17.0. The molecule has 0 unspecified atom stereocenters. The highest BCUT2D eigenvalue weighted by molar-refractivity contribution is 5.89. The fourth-order valence-electron chi connectivity index (χ4n) is 7.51. The quantitative estimate of drug-likeness (QED) is 0.146. The van der Waals surface area contributed by atoms with Crippen LogP contribution in [0.1, 0.15) is 50.1 Å². The molecule has 8 rings (SSSR count). The molecule has 4 heterocycles. The first-order valence-electron chi connectivity index (χ1n) is 19.3. The lowest BCUT2D eigenvalue weighted by atomic mass is 9.99. The Labute approximate surface area is 321 Å². The van der Waals surface area contributed by atoms with E-state index in [2.05, 4.69) is 229 Å². The van der Waals surface area contributed by atoms with E-state index in [-0.39, 0.29) is 0 Å². The van der Waals surface area contributed by atoms with Crippen LogP contribution in [0.4, 0.5) is 11.4 Å². The van der Waals surface area contributed by atoms with Gasteiger partial charge in [0.1, 0.15) is 13.1 Å². The standard InChI is InChI=1S/2C25H25N2/c1-3-26-18-16-20(22-12-5-7-14-24(22)26)10-9-11-21-17-19-27(4-2)25-15-8-6-13-23(21)25;1-3-26-22(18-16-20-10-5-7-14-24(20)26)12-9-13-23-19-17-21-11-6-8-15-25(21)27(23)4-2/h2*5-19H,3-4H2,1-2H3/q2*+1. The van der Waals surface area contributed by atoms with Crippen molar-refractivity contribution in [2.45, 2.75) is 40.8 Å². The van der Waals surface area contributed by atoms with Crippen molar-refractivity contribution in [3.63, 3.8) is 0 Å². The zero-order valence-corrected chi connectivity index (χ0v) is 31.9. The van der Waals surface area contributed by atoms with Crippen LogP contribution in [0.5, 0.6) is 0 Å². The molecule has 0 saturated heterocycles. The summed E-state index contributed by atoms with van der Waals surface area (Å²) >= 11 is 0. The number of hydrogen-bond donors (Lipinski definition) is 0. The van der Waals surface area contributed by atoms with Crippen LogP contribution in [-0.2, 0) is 13.1 Å². The fraction of sp³-hybridized carbons (Fsp3) is 0.160. The molecule has 4 aromatic carbocycles. The Balaban J connectivity index is 0.000000167. The third kappa shape index (κ3) is 7.60. The molecule has 0 bridgehead atoms. The SMILES string of the molecule is CCN1/C(=C/C=Cc2ccc3ccccc3[n+]2CC)C=Cc2ccccc21.CCN1C=CC(=CC=Cc2cc[n+](CC)c3ccccc23)c2ccccc21. The van der Waals surface area contributed by atoms with Crippen molar-refractivity contribution < 1.29 is 9.13 Å². The molecule has 268 valence electrons. The van der Waals surface area contributed by atoms with Crippen LogP contribution in [0.25, 0.3) is 45.6 Å². The maximum atomic E-state index is 2.36. The van der Waals surface area contributed by atoms with Gasteiger partial charge in [0.25, 0.3) is 0 Å². The van der Waals surface area contributed by atoms with Gasteiger partial charge >= 0.3 is 0 Å². The molecule has 0 amide bonds. The molecular formula is C50H50N4+2. The summed E-state index contributed by atoms with van der Waals surface area (Å²) in [6.07, 6.45) is 24.1. The fourth-order valence-corrected chi connectivity index (χ4v) is 7.51. The maximum absolute atomic E-state index is 2.36. The average molecular weight is 707 g/mol. The van der Waals surface area contributed by atoms with Gasteiger partial charge < -0.3 is 9.80 Å². The largest absolute Gasteiger partial charge is 0.348 e. The summed E-state index contributed by atoms with van der Waals surface area (Å²) in [4.78, 5) is 4.64. The van der Waals surface area contributed by atoms with E-state index in [0.717, 1.165) is 26.2 Å². The van der Waals surface area contributed by atoms with Gasteiger partial charge in [-0.25, -0.2) is 0 Å². The summed E-state index contributed by atoms with van der Waals surface area (Å²) in [5.74, 6) is 0. The van der Waals surface area contributed by atoms with E-state index < -0.39 is 0 Å². The second-order valence-corrected chi connectivity index (χ2v) is 13.3. The minimum absolute atomic E-state index is 0.950. The van der Waals surface area contributed by atoms with Crippen LogP contribution in [-0.4, -0.2) is 13.1 Å². The Kier molecular flexibility index (Phi) is 11.4. The first kappa shape index (κ1) is 36.1. The molecular weight excluding hydrogens is 657 g/mol. The number of likely N-dealkylation sites (N-methyl/N-ethyl adjacent to an activating group) is 1. The van der Waals surface area contributed by atoms with E-state index in [1.54, 1.807) is 0 Å². The highest BCUT2D eigenvalue weighted by Gasteiger charge is 2.16. The van der Waals surface area contributed by atoms with Crippen molar-refractivity contribution >= 4 is 57.0 Å². The lowest BCUT2D eigenvalue weighted by molar-refractivity contribution is -0.669. The summed E-state index contributed by atoms with van der Waals surface area (Å²) < 4.78 is 4.64. The number of aromatic nitrogens is 2. The highest BCUT2D eigenvalue weighted by atomic mass is 15.1. The van der Waals surface area contributed by atoms with Crippen molar-refractivity contribution in [1.82, 2.24) is 0 Å². The van der Waals surface area contributed by atoms with Crippen molar-refractivity contribution in [2.24, 2.45) is 0 Å². The van der Waals surface area contributed by atoms with Crippen LogP contribution in [0.3, 0.4) is 0 Å². The molecule has 2 aliphatic heterocycles. The zero-order valence-electron chi connectivity index (χ0n) is 31.9. The Bertz CT molecular complexity index is 2460. The number of nitrogens with zero attached hydrogens (tertiary/aromatic N) is 4. The van der Waals surface area contributed by atoms with Crippen LogP contribution in [0.15, 0.2) is 170 Å². The molecule has 4 heteroatoms. The molecule has 0 fully saturated rings. The highest BCUT2D eigenvalue weighted by Crippen LogP contribution is 2.33. The minimum atomic E-state index is 0.950. The number of hydrogen-bond acceptors (Lipinski definition) is 2. The van der Waals surface area contributed by atoms with Gasteiger partial charge in [-0.3, -0.25) is 0 Å². The number of fused-ring (bicyclic) bond motifs is 4. The van der Waals surface area contributed by atoms with Gasteiger partial charge in [0.05, 0.1) is 5.39 Å². The predicted octanol–water partition coefficient (Wildman–Crippen LogP) is 11.2. The summed E-state index contributed by atoms with van der Waals surface area (Å²) in [6.45, 7) is 12.6. The number of anilines is 2. The maximum Gasteiger partial charge on any atom is 0.213 e. The topological polar surface area (TPSA) is 14.2 Å². The normalized spacial score (nSPS) is 15.0.